The third-order valence-electron chi connectivity index (χ3n) is 4.31. The Labute approximate surface area is 171 Å². The summed E-state index contributed by atoms with van der Waals surface area (Å²) in [6, 6.07) is 6.81. The van der Waals surface area contributed by atoms with Crippen LogP contribution in [0.2, 0.25) is 0 Å². The van der Waals surface area contributed by atoms with Crippen LogP contribution in [0, 0.1) is 0 Å². The molecule has 1 aromatic carbocycles. The van der Waals surface area contributed by atoms with E-state index in [0.717, 1.165) is 10.9 Å². The van der Waals surface area contributed by atoms with Gasteiger partial charge in [0.2, 0.25) is 0 Å². The van der Waals surface area contributed by atoms with Crippen LogP contribution in [0.5, 0.6) is 5.75 Å². The first-order valence-corrected chi connectivity index (χ1v) is 8.93. The first-order chi connectivity index (χ1) is 14.3. The van der Waals surface area contributed by atoms with Crippen molar-refractivity contribution >= 4 is 29.2 Å². The van der Waals surface area contributed by atoms with E-state index in [-0.39, 0.29) is 22.6 Å². The van der Waals surface area contributed by atoms with E-state index < -0.39 is 17.8 Å². The van der Waals surface area contributed by atoms with E-state index >= 15 is 0 Å². The molecule has 11 nitrogen and oxygen atoms in total. The Morgan fingerprint density at radius 2 is 1.83 bits per heavy atom. The Morgan fingerprint density at radius 1 is 1.10 bits per heavy atom. The van der Waals surface area contributed by atoms with Crippen molar-refractivity contribution in [3.05, 3.63) is 53.6 Å². The van der Waals surface area contributed by atoms with Crippen LogP contribution in [0.3, 0.4) is 0 Å². The van der Waals surface area contributed by atoms with Gasteiger partial charge in [-0.1, -0.05) is 6.07 Å². The van der Waals surface area contributed by atoms with Gasteiger partial charge >= 0.3 is 5.97 Å². The van der Waals surface area contributed by atoms with Gasteiger partial charge in [0.15, 0.2) is 0 Å². The van der Waals surface area contributed by atoms with Crippen molar-refractivity contribution in [1.29, 1.82) is 0 Å². The zero-order valence-corrected chi connectivity index (χ0v) is 16.5. The number of aromatic nitrogens is 4. The van der Waals surface area contributed by atoms with Gasteiger partial charge in [-0.3, -0.25) is 19.0 Å². The lowest BCUT2D eigenvalue weighted by molar-refractivity contribution is 0.0692. The molecule has 3 rings (SSSR count). The number of methoxy groups -OCH3 is 1. The second-order valence-electron chi connectivity index (χ2n) is 6.20. The monoisotopic (exact) mass is 412 g/mol. The lowest BCUT2D eigenvalue weighted by atomic mass is 10.2. The highest BCUT2D eigenvalue weighted by molar-refractivity contribution is 6.13. The van der Waals surface area contributed by atoms with Crippen molar-refractivity contribution in [2.75, 3.05) is 17.7 Å². The van der Waals surface area contributed by atoms with Crippen molar-refractivity contribution in [2.45, 2.75) is 13.5 Å². The average molecular weight is 412 g/mol. The average Bonchev–Trinajstić information content (AvgIpc) is 3.31. The van der Waals surface area contributed by atoms with E-state index in [0.29, 0.717) is 18.0 Å². The maximum absolute atomic E-state index is 12.9. The third kappa shape index (κ3) is 3.99. The van der Waals surface area contributed by atoms with E-state index in [4.69, 9.17) is 4.74 Å². The second kappa shape index (κ2) is 8.47. The molecule has 0 aliphatic heterocycles. The number of nitrogens with zero attached hydrogens (tertiary/aromatic N) is 4. The van der Waals surface area contributed by atoms with Gasteiger partial charge in [-0.25, -0.2) is 4.79 Å². The predicted molar refractivity (Wildman–Crippen MR) is 107 cm³/mol. The van der Waals surface area contributed by atoms with Crippen LogP contribution in [0.25, 0.3) is 0 Å². The fraction of sp³-hybridized carbons (Fsp3) is 0.211. The van der Waals surface area contributed by atoms with Gasteiger partial charge in [0.25, 0.3) is 11.8 Å². The molecule has 2 aromatic heterocycles. The Morgan fingerprint density at radius 3 is 2.50 bits per heavy atom. The largest absolute Gasteiger partial charge is 0.497 e. The van der Waals surface area contributed by atoms with Crippen molar-refractivity contribution < 1.29 is 24.2 Å². The summed E-state index contributed by atoms with van der Waals surface area (Å²) in [6.07, 6.45) is 2.42. The van der Waals surface area contributed by atoms with Crippen LogP contribution in [0.4, 0.5) is 11.4 Å². The number of anilines is 2. The number of carbonyl (C=O) groups excluding carboxylic acids is 2. The quantitative estimate of drug-likeness (QED) is 0.538. The summed E-state index contributed by atoms with van der Waals surface area (Å²) in [5, 5.41) is 22.5. The molecule has 0 fully saturated rings. The highest BCUT2D eigenvalue weighted by Crippen LogP contribution is 2.21. The number of carbonyl (C=O) groups is 3. The summed E-state index contributed by atoms with van der Waals surface area (Å²) >= 11 is 0. The smallest absolute Gasteiger partial charge is 0.339 e. The van der Waals surface area contributed by atoms with Gasteiger partial charge in [-0.2, -0.15) is 10.2 Å². The van der Waals surface area contributed by atoms with Crippen molar-refractivity contribution in [2.24, 2.45) is 7.05 Å². The number of hydrogen-bond acceptors (Lipinski definition) is 6. The number of carboxylic acids is 1. The molecule has 2 heterocycles. The van der Waals surface area contributed by atoms with Crippen LogP contribution in [0.1, 0.15) is 38.3 Å². The van der Waals surface area contributed by atoms with Crippen molar-refractivity contribution in [3.8, 4) is 5.75 Å². The van der Waals surface area contributed by atoms with Gasteiger partial charge in [0, 0.05) is 25.3 Å². The molecule has 30 heavy (non-hydrogen) atoms. The van der Waals surface area contributed by atoms with Crippen LogP contribution in [-0.2, 0) is 13.6 Å². The Kier molecular flexibility index (Phi) is 5.81. The fourth-order valence-electron chi connectivity index (χ4n) is 2.89. The molecule has 0 spiro atoms. The van der Waals surface area contributed by atoms with Gasteiger partial charge in [0.1, 0.15) is 22.7 Å². The van der Waals surface area contributed by atoms with E-state index in [1.807, 2.05) is 0 Å². The van der Waals surface area contributed by atoms with Gasteiger partial charge in [-0.05, 0) is 19.1 Å². The maximum Gasteiger partial charge on any atom is 0.339 e. The molecular formula is C19H20N6O5. The molecule has 11 heteroatoms. The number of hydrogen-bond donors (Lipinski definition) is 3. The number of rotatable bonds is 7. The molecule has 0 saturated carbocycles. The van der Waals surface area contributed by atoms with Gasteiger partial charge in [-0.15, -0.1) is 0 Å². The van der Waals surface area contributed by atoms with Gasteiger partial charge < -0.3 is 20.5 Å². The minimum atomic E-state index is -1.28. The zero-order valence-electron chi connectivity index (χ0n) is 16.5. The molecule has 0 aliphatic rings. The Bertz CT molecular complexity index is 1120. The van der Waals surface area contributed by atoms with E-state index in [9.17, 15) is 19.5 Å². The minimum absolute atomic E-state index is 0.118. The Hall–Kier alpha value is -4.15. The second-order valence-corrected chi connectivity index (χ2v) is 6.20. The van der Waals surface area contributed by atoms with Crippen LogP contribution in [0.15, 0.2) is 36.7 Å². The summed E-state index contributed by atoms with van der Waals surface area (Å²) in [7, 11) is 2.97. The molecule has 2 amide bonds. The molecular weight excluding hydrogens is 392 g/mol. The summed E-state index contributed by atoms with van der Waals surface area (Å²) in [6.45, 7) is 2.17. The highest BCUT2D eigenvalue weighted by Gasteiger charge is 2.25. The number of nitrogens with one attached hydrogen (secondary N) is 2. The molecule has 0 saturated heterocycles. The molecule has 0 radical (unpaired) electrons. The number of carboxylic acid groups (broad SMARTS) is 1. The van der Waals surface area contributed by atoms with Crippen LogP contribution >= 0.6 is 0 Å². The number of ether oxygens (including phenoxy) is 1. The summed E-state index contributed by atoms with van der Waals surface area (Å²) in [5.74, 6) is -1.93. The normalized spacial score (nSPS) is 10.5. The molecule has 0 bridgehead atoms. The van der Waals surface area contributed by atoms with Crippen molar-refractivity contribution in [3.63, 3.8) is 0 Å². The number of amides is 2. The highest BCUT2D eigenvalue weighted by atomic mass is 16.5. The fourth-order valence-corrected chi connectivity index (χ4v) is 2.89. The first kappa shape index (κ1) is 20.6. The topological polar surface area (TPSA) is 140 Å². The summed E-state index contributed by atoms with van der Waals surface area (Å²) in [4.78, 5) is 37.0. The molecule has 3 N–H and O–H groups in total. The van der Waals surface area contributed by atoms with Crippen molar-refractivity contribution in [1.82, 2.24) is 19.6 Å². The lowest BCUT2D eigenvalue weighted by Gasteiger charge is -2.11. The standard InChI is InChI=1S/C19H20N6O5/c1-4-25-16(18(27)22-11-6-5-7-12(8-11)30-3)14(10-21-25)23-17(26)15-13(19(28)29)9-20-24(15)2/h5-10H,4H2,1-3H3,(H,22,27)(H,23,26)(H,28,29). The summed E-state index contributed by atoms with van der Waals surface area (Å²) in [5.41, 5.74) is 0.360. The van der Waals surface area contributed by atoms with Crippen LogP contribution in [-0.4, -0.2) is 49.6 Å². The lowest BCUT2D eigenvalue weighted by Crippen LogP contribution is -2.23. The minimum Gasteiger partial charge on any atom is -0.497 e. The van der Waals surface area contributed by atoms with E-state index in [1.165, 1.54) is 25.0 Å². The molecule has 156 valence electrons. The maximum atomic E-state index is 12.9. The first-order valence-electron chi connectivity index (χ1n) is 8.93. The van der Waals surface area contributed by atoms with E-state index in [1.54, 1.807) is 31.2 Å². The molecule has 0 aliphatic carbocycles. The summed E-state index contributed by atoms with van der Waals surface area (Å²) < 4.78 is 7.72. The van der Waals surface area contributed by atoms with Gasteiger partial charge in [0.05, 0.1) is 25.2 Å². The Balaban J connectivity index is 1.90. The number of benzene rings is 1. The SMILES string of the molecule is CCn1ncc(NC(=O)c2c(C(=O)O)cnn2C)c1C(=O)Nc1cccc(OC)c1. The number of aromatic carboxylic acids is 1. The molecule has 3 aromatic rings. The van der Waals surface area contributed by atoms with Crippen LogP contribution < -0.4 is 15.4 Å². The zero-order chi connectivity index (χ0) is 21.8. The molecule has 0 atom stereocenters. The third-order valence-corrected chi connectivity index (χ3v) is 4.31. The molecule has 0 unspecified atom stereocenters. The number of aryl methyl sites for hydroxylation is 2. The predicted octanol–water partition coefficient (Wildman–Crippen LogP) is 1.85. The van der Waals surface area contributed by atoms with E-state index in [2.05, 4.69) is 20.8 Å².